The molecule has 0 aliphatic carbocycles. The van der Waals surface area contributed by atoms with Crippen LogP contribution in [0.3, 0.4) is 0 Å². The lowest BCUT2D eigenvalue weighted by molar-refractivity contribution is 0.101. The van der Waals surface area contributed by atoms with Gasteiger partial charge in [-0.3, -0.25) is 13.9 Å². The van der Waals surface area contributed by atoms with Gasteiger partial charge in [-0.25, -0.2) is 8.42 Å². The summed E-state index contributed by atoms with van der Waals surface area (Å²) in [5.41, 5.74) is 3.75. The van der Waals surface area contributed by atoms with Crippen LogP contribution in [0.5, 0.6) is 11.5 Å². The first kappa shape index (κ1) is 22.7. The summed E-state index contributed by atoms with van der Waals surface area (Å²) in [5, 5.41) is 5.69. The zero-order valence-electron chi connectivity index (χ0n) is 19.1. The Hall–Kier alpha value is -4.05. The molecule has 9 nitrogen and oxygen atoms in total. The molecule has 10 heteroatoms. The van der Waals surface area contributed by atoms with Gasteiger partial charge in [0.05, 0.1) is 11.4 Å². The molecule has 3 aromatic carbocycles. The number of sulfonamides is 1. The Morgan fingerprint density at radius 3 is 2.34 bits per heavy atom. The van der Waals surface area contributed by atoms with E-state index in [1.807, 2.05) is 6.92 Å². The molecular formula is C25H23N3O6S. The van der Waals surface area contributed by atoms with Crippen LogP contribution in [0.15, 0.2) is 54.6 Å². The van der Waals surface area contributed by atoms with E-state index >= 15 is 0 Å². The normalized spacial score (nSPS) is 15.3. The van der Waals surface area contributed by atoms with Gasteiger partial charge in [-0.05, 0) is 66.6 Å². The summed E-state index contributed by atoms with van der Waals surface area (Å²) in [6.45, 7) is 2.74. The Morgan fingerprint density at radius 2 is 1.54 bits per heavy atom. The standard InChI is InChI=1S/C25H23N3O6S/c1-15-3-6-19(26-24(29)17-5-8-22-23(12-17)34-10-9-33-22)13-20(15)27-25(30)16-4-7-21-18(11-16)14-35(31,32)28(21)2/h3-8,11-13H,9-10,14H2,1-2H3,(H,26,29)(H,27,30). The van der Waals surface area contributed by atoms with E-state index in [1.54, 1.807) is 54.6 Å². The Kier molecular flexibility index (Phi) is 5.60. The van der Waals surface area contributed by atoms with Crippen molar-refractivity contribution in [3.63, 3.8) is 0 Å². The highest BCUT2D eigenvalue weighted by molar-refractivity contribution is 7.92. The predicted octanol–water partition coefficient (Wildman–Crippen LogP) is 3.55. The highest BCUT2D eigenvalue weighted by Gasteiger charge is 2.30. The fraction of sp³-hybridized carbons (Fsp3) is 0.200. The molecule has 2 amide bonds. The number of hydrogen-bond acceptors (Lipinski definition) is 6. The number of aryl methyl sites for hydroxylation is 1. The molecule has 2 heterocycles. The number of carbonyl (C=O) groups excluding carboxylic acids is 2. The van der Waals surface area contributed by atoms with Crippen LogP contribution in [0, 0.1) is 6.92 Å². The molecule has 0 saturated heterocycles. The first-order valence-electron chi connectivity index (χ1n) is 10.9. The molecular weight excluding hydrogens is 470 g/mol. The van der Waals surface area contributed by atoms with Crippen molar-refractivity contribution in [1.82, 2.24) is 0 Å². The number of nitrogens with zero attached hydrogens (tertiary/aromatic N) is 1. The van der Waals surface area contributed by atoms with E-state index in [4.69, 9.17) is 9.47 Å². The Balaban J connectivity index is 1.32. The average molecular weight is 494 g/mol. The van der Waals surface area contributed by atoms with E-state index in [2.05, 4.69) is 10.6 Å². The molecule has 2 aliphatic heterocycles. The third-order valence-corrected chi connectivity index (χ3v) is 7.69. The van der Waals surface area contributed by atoms with Crippen LogP contribution in [-0.4, -0.2) is 40.5 Å². The number of ether oxygens (including phenoxy) is 2. The zero-order valence-corrected chi connectivity index (χ0v) is 19.9. The fourth-order valence-electron chi connectivity index (χ4n) is 4.01. The van der Waals surface area contributed by atoms with Crippen LogP contribution in [-0.2, 0) is 15.8 Å². The van der Waals surface area contributed by atoms with Gasteiger partial charge in [0.15, 0.2) is 11.5 Å². The van der Waals surface area contributed by atoms with Gasteiger partial charge in [-0.2, -0.15) is 0 Å². The number of carbonyl (C=O) groups is 2. The van der Waals surface area contributed by atoms with Crippen molar-refractivity contribution in [2.24, 2.45) is 0 Å². The van der Waals surface area contributed by atoms with Crippen LogP contribution < -0.4 is 24.4 Å². The van der Waals surface area contributed by atoms with Gasteiger partial charge in [-0.15, -0.1) is 0 Å². The molecule has 0 unspecified atom stereocenters. The maximum Gasteiger partial charge on any atom is 0.255 e. The highest BCUT2D eigenvalue weighted by atomic mass is 32.2. The SMILES string of the molecule is Cc1ccc(NC(=O)c2ccc3c(c2)OCCO3)cc1NC(=O)c1ccc2c(c1)CS(=O)(=O)N2C. The van der Waals surface area contributed by atoms with Crippen LogP contribution in [0.25, 0.3) is 0 Å². The van der Waals surface area contributed by atoms with Crippen molar-refractivity contribution < 1.29 is 27.5 Å². The minimum atomic E-state index is -3.39. The quantitative estimate of drug-likeness (QED) is 0.575. The van der Waals surface area contributed by atoms with Gasteiger partial charge in [0.2, 0.25) is 10.0 Å². The van der Waals surface area contributed by atoms with Crippen LogP contribution in [0.4, 0.5) is 17.1 Å². The molecule has 2 N–H and O–H groups in total. The Morgan fingerprint density at radius 1 is 0.857 bits per heavy atom. The minimum absolute atomic E-state index is 0.139. The fourth-order valence-corrected chi connectivity index (χ4v) is 5.31. The van der Waals surface area contributed by atoms with Gasteiger partial charge in [-0.1, -0.05) is 6.07 Å². The Labute approximate surface area is 202 Å². The third-order valence-electron chi connectivity index (χ3n) is 5.98. The van der Waals surface area contributed by atoms with Gasteiger partial charge in [0, 0.05) is 29.5 Å². The van der Waals surface area contributed by atoms with Crippen molar-refractivity contribution in [1.29, 1.82) is 0 Å². The molecule has 0 spiro atoms. The third kappa shape index (κ3) is 4.40. The predicted molar refractivity (Wildman–Crippen MR) is 132 cm³/mol. The van der Waals surface area contributed by atoms with Crippen molar-refractivity contribution >= 4 is 38.9 Å². The molecule has 0 bridgehead atoms. The highest BCUT2D eigenvalue weighted by Crippen LogP contribution is 2.33. The second-order valence-electron chi connectivity index (χ2n) is 8.36. The first-order chi connectivity index (χ1) is 16.7. The number of anilines is 3. The second kappa shape index (κ2) is 8.62. The first-order valence-corrected chi connectivity index (χ1v) is 12.5. The van der Waals surface area contributed by atoms with E-state index in [1.165, 1.54) is 11.4 Å². The van der Waals surface area contributed by atoms with Crippen LogP contribution in [0.1, 0.15) is 31.8 Å². The average Bonchev–Trinajstić information content (AvgIpc) is 3.08. The summed E-state index contributed by atoms with van der Waals surface area (Å²) in [5.74, 6) is 0.281. The van der Waals surface area contributed by atoms with E-state index in [0.29, 0.717) is 58.5 Å². The van der Waals surface area contributed by atoms with Crippen molar-refractivity contribution in [3.8, 4) is 11.5 Å². The van der Waals surface area contributed by atoms with E-state index in [0.717, 1.165) is 5.56 Å². The zero-order chi connectivity index (χ0) is 24.7. The van der Waals surface area contributed by atoms with Gasteiger partial charge < -0.3 is 20.1 Å². The maximum atomic E-state index is 12.9. The molecule has 180 valence electrons. The lowest BCUT2D eigenvalue weighted by atomic mass is 10.1. The van der Waals surface area contributed by atoms with E-state index in [-0.39, 0.29) is 17.6 Å². The number of fused-ring (bicyclic) bond motifs is 2. The van der Waals surface area contributed by atoms with Crippen molar-refractivity contribution in [3.05, 3.63) is 76.9 Å². The molecule has 3 aromatic rings. The van der Waals surface area contributed by atoms with Crippen LogP contribution in [0.2, 0.25) is 0 Å². The van der Waals surface area contributed by atoms with E-state index in [9.17, 15) is 18.0 Å². The summed E-state index contributed by atoms with van der Waals surface area (Å²) in [4.78, 5) is 25.7. The molecule has 2 aliphatic rings. The second-order valence-corrected chi connectivity index (χ2v) is 10.4. The van der Waals surface area contributed by atoms with Crippen molar-refractivity contribution in [2.75, 3.05) is 35.2 Å². The molecule has 0 radical (unpaired) electrons. The summed E-state index contributed by atoms with van der Waals surface area (Å²) in [7, 11) is -1.90. The van der Waals surface area contributed by atoms with Gasteiger partial charge in [0.25, 0.3) is 11.8 Å². The molecule has 0 atom stereocenters. The summed E-state index contributed by atoms with van der Waals surface area (Å²) < 4.78 is 36.5. The minimum Gasteiger partial charge on any atom is -0.486 e. The van der Waals surface area contributed by atoms with Gasteiger partial charge >= 0.3 is 0 Å². The number of rotatable bonds is 4. The van der Waals surface area contributed by atoms with E-state index < -0.39 is 10.0 Å². The number of nitrogens with one attached hydrogen (secondary N) is 2. The van der Waals surface area contributed by atoms with Crippen molar-refractivity contribution in [2.45, 2.75) is 12.7 Å². The summed E-state index contributed by atoms with van der Waals surface area (Å²) in [6, 6.07) is 15.0. The number of benzene rings is 3. The maximum absolute atomic E-state index is 12.9. The smallest absolute Gasteiger partial charge is 0.255 e. The number of amides is 2. The monoisotopic (exact) mass is 493 g/mol. The molecule has 0 saturated carbocycles. The summed E-state index contributed by atoms with van der Waals surface area (Å²) in [6.07, 6.45) is 0. The van der Waals surface area contributed by atoms with Gasteiger partial charge in [0.1, 0.15) is 13.2 Å². The Bertz CT molecular complexity index is 1470. The largest absolute Gasteiger partial charge is 0.486 e. The molecule has 0 aromatic heterocycles. The van der Waals surface area contributed by atoms with Crippen LogP contribution >= 0.6 is 0 Å². The lowest BCUT2D eigenvalue weighted by Crippen LogP contribution is -2.20. The molecule has 0 fully saturated rings. The lowest BCUT2D eigenvalue weighted by Gasteiger charge is -2.18. The number of hydrogen-bond donors (Lipinski definition) is 2. The summed E-state index contributed by atoms with van der Waals surface area (Å²) >= 11 is 0. The molecule has 5 rings (SSSR count). The topological polar surface area (TPSA) is 114 Å². The molecule has 35 heavy (non-hydrogen) atoms.